The molecule has 1 N–H and O–H groups in total. The van der Waals surface area contributed by atoms with Crippen LogP contribution in [0.25, 0.3) is 6.08 Å². The van der Waals surface area contributed by atoms with E-state index in [0.717, 1.165) is 11.3 Å². The second-order valence-corrected chi connectivity index (χ2v) is 9.68. The van der Waals surface area contributed by atoms with Crippen LogP contribution in [0.3, 0.4) is 0 Å². The number of benzene rings is 1. The minimum atomic E-state index is -0.365. The van der Waals surface area contributed by atoms with E-state index >= 15 is 0 Å². The Labute approximate surface area is 220 Å². The lowest BCUT2D eigenvalue weighted by Gasteiger charge is -2.19. The number of anilines is 1. The normalized spacial score (nSPS) is 14.4. The van der Waals surface area contributed by atoms with Crippen LogP contribution in [0.1, 0.15) is 42.5 Å². The fourth-order valence-electron chi connectivity index (χ4n) is 3.88. The lowest BCUT2D eigenvalue weighted by molar-refractivity contribution is -0.122. The van der Waals surface area contributed by atoms with Gasteiger partial charge in [0.2, 0.25) is 0 Å². The monoisotopic (exact) mass is 526 g/mol. The lowest BCUT2D eigenvalue weighted by atomic mass is 10.0. The van der Waals surface area contributed by atoms with E-state index in [0.29, 0.717) is 65.4 Å². The molecular weight excluding hydrogens is 496 g/mol. The van der Waals surface area contributed by atoms with Crippen molar-refractivity contribution in [2.24, 2.45) is 0 Å². The third-order valence-corrected chi connectivity index (χ3v) is 7.21. The van der Waals surface area contributed by atoms with Gasteiger partial charge in [-0.1, -0.05) is 36.1 Å². The van der Waals surface area contributed by atoms with Crippen molar-refractivity contribution in [3.63, 3.8) is 0 Å². The van der Waals surface area contributed by atoms with Gasteiger partial charge in [-0.25, -0.2) is 0 Å². The third kappa shape index (κ3) is 5.98. The number of nitrogens with zero attached hydrogens (tertiary/aromatic N) is 3. The van der Waals surface area contributed by atoms with Crippen LogP contribution < -0.4 is 15.6 Å². The summed E-state index contributed by atoms with van der Waals surface area (Å²) < 4.78 is 12.6. The molecule has 0 aliphatic carbocycles. The Bertz CT molecular complexity index is 1260. The van der Waals surface area contributed by atoms with E-state index in [4.69, 9.17) is 21.7 Å². The SMILES string of the molecule is CCOCCCN1C(=O)/C(=C\c2c(C)c(C#N)c(=O)n(CC)c2NCc2ccc(OC)cc2)SC1=S. The summed E-state index contributed by atoms with van der Waals surface area (Å²) in [6.45, 7) is 7.95. The van der Waals surface area contributed by atoms with Gasteiger partial charge in [0.15, 0.2) is 0 Å². The molecular formula is C26H30N4O4S2. The summed E-state index contributed by atoms with van der Waals surface area (Å²) in [7, 11) is 1.61. The number of ether oxygens (including phenoxy) is 2. The molecule has 190 valence electrons. The molecule has 0 atom stereocenters. The van der Waals surface area contributed by atoms with Gasteiger partial charge in [0, 0.05) is 38.4 Å². The van der Waals surface area contributed by atoms with Crippen molar-refractivity contribution in [3.8, 4) is 11.8 Å². The summed E-state index contributed by atoms with van der Waals surface area (Å²) in [5.41, 5.74) is 1.82. The van der Waals surface area contributed by atoms with Gasteiger partial charge in [-0.2, -0.15) is 5.26 Å². The first-order valence-corrected chi connectivity index (χ1v) is 13.0. The van der Waals surface area contributed by atoms with E-state index in [2.05, 4.69) is 5.32 Å². The molecule has 36 heavy (non-hydrogen) atoms. The van der Waals surface area contributed by atoms with Crippen molar-refractivity contribution in [2.45, 2.75) is 40.3 Å². The molecule has 0 bridgehead atoms. The van der Waals surface area contributed by atoms with Crippen molar-refractivity contribution < 1.29 is 14.3 Å². The Morgan fingerprint density at radius 3 is 2.56 bits per heavy atom. The van der Waals surface area contributed by atoms with Gasteiger partial charge in [-0.3, -0.25) is 19.1 Å². The van der Waals surface area contributed by atoms with E-state index in [1.54, 1.807) is 25.0 Å². The molecule has 0 unspecified atom stereocenters. The molecule has 2 heterocycles. The molecule has 1 saturated heterocycles. The van der Waals surface area contributed by atoms with Crippen molar-refractivity contribution in [1.29, 1.82) is 5.26 Å². The van der Waals surface area contributed by atoms with Gasteiger partial charge in [0.05, 0.1) is 12.0 Å². The van der Waals surface area contributed by atoms with E-state index < -0.39 is 0 Å². The number of pyridine rings is 1. The zero-order valence-corrected chi connectivity index (χ0v) is 22.6. The number of methoxy groups -OCH3 is 1. The molecule has 1 fully saturated rings. The van der Waals surface area contributed by atoms with Crippen LogP contribution in [0.5, 0.6) is 5.75 Å². The van der Waals surface area contributed by atoms with Crippen LogP contribution in [0.4, 0.5) is 5.82 Å². The summed E-state index contributed by atoms with van der Waals surface area (Å²) in [4.78, 5) is 28.2. The predicted octanol–water partition coefficient (Wildman–Crippen LogP) is 4.30. The highest BCUT2D eigenvalue weighted by atomic mass is 32.2. The molecule has 0 spiro atoms. The number of nitrogens with one attached hydrogen (secondary N) is 1. The van der Waals surface area contributed by atoms with Crippen LogP contribution in [-0.2, 0) is 22.6 Å². The minimum Gasteiger partial charge on any atom is -0.497 e. The van der Waals surface area contributed by atoms with Crippen LogP contribution in [-0.4, -0.2) is 46.6 Å². The van der Waals surface area contributed by atoms with Gasteiger partial charge in [0.25, 0.3) is 11.5 Å². The highest BCUT2D eigenvalue weighted by molar-refractivity contribution is 8.26. The molecule has 2 aromatic rings. The van der Waals surface area contributed by atoms with Crippen molar-refractivity contribution in [1.82, 2.24) is 9.47 Å². The Balaban J connectivity index is 2.00. The molecule has 1 aliphatic heterocycles. The molecule has 0 saturated carbocycles. The van der Waals surface area contributed by atoms with Crippen LogP contribution in [0.15, 0.2) is 34.0 Å². The number of carbonyl (C=O) groups is 1. The van der Waals surface area contributed by atoms with Gasteiger partial charge in [0.1, 0.15) is 27.5 Å². The van der Waals surface area contributed by atoms with Gasteiger partial charge in [-0.05, 0) is 56.5 Å². The van der Waals surface area contributed by atoms with Crippen molar-refractivity contribution >= 4 is 46.1 Å². The topological polar surface area (TPSA) is 96.6 Å². The minimum absolute atomic E-state index is 0.0605. The standard InChI is InChI=1S/C26H30N4O4S2/c1-5-29-23(28-16-18-8-10-19(33-4)11-9-18)20(17(3)21(15-27)24(29)31)14-22-25(32)30(26(35)36-22)12-7-13-34-6-2/h8-11,14,28H,5-7,12-13,16H2,1-4H3/b22-14+. The third-order valence-electron chi connectivity index (χ3n) is 5.83. The largest absolute Gasteiger partial charge is 0.497 e. The van der Waals surface area contributed by atoms with E-state index in [-0.39, 0.29) is 17.0 Å². The number of rotatable bonds is 11. The summed E-state index contributed by atoms with van der Waals surface area (Å²) in [6, 6.07) is 9.64. The molecule has 1 aromatic carbocycles. The van der Waals surface area contributed by atoms with Crippen molar-refractivity contribution in [3.05, 3.63) is 61.8 Å². The number of hydrogen-bond donors (Lipinski definition) is 1. The second-order valence-electron chi connectivity index (χ2n) is 8.01. The Kier molecular flexibility index (Phi) is 9.70. The maximum Gasteiger partial charge on any atom is 0.270 e. The quantitative estimate of drug-likeness (QED) is 0.263. The molecule has 8 nitrogen and oxygen atoms in total. The number of hydrogen-bond acceptors (Lipinski definition) is 8. The van der Waals surface area contributed by atoms with Gasteiger partial charge in [-0.15, -0.1) is 0 Å². The molecule has 1 aromatic heterocycles. The highest BCUT2D eigenvalue weighted by Crippen LogP contribution is 2.35. The molecule has 3 rings (SSSR count). The van der Waals surface area contributed by atoms with E-state index in [1.165, 1.54) is 16.3 Å². The molecule has 0 radical (unpaired) electrons. The fourth-order valence-corrected chi connectivity index (χ4v) is 5.17. The van der Waals surface area contributed by atoms with Gasteiger partial charge >= 0.3 is 0 Å². The lowest BCUT2D eigenvalue weighted by Crippen LogP contribution is -2.30. The smallest absolute Gasteiger partial charge is 0.270 e. The van der Waals surface area contributed by atoms with Crippen LogP contribution in [0, 0.1) is 18.3 Å². The number of thioether (sulfide) groups is 1. The Hall–Kier alpha value is -3.13. The number of aromatic nitrogens is 1. The zero-order valence-electron chi connectivity index (χ0n) is 20.9. The molecule has 1 amide bonds. The molecule has 10 heteroatoms. The maximum absolute atomic E-state index is 13.2. The van der Waals surface area contributed by atoms with Crippen molar-refractivity contribution in [2.75, 3.05) is 32.2 Å². The summed E-state index contributed by atoms with van der Waals surface area (Å²) in [5, 5.41) is 13.1. The zero-order chi connectivity index (χ0) is 26.2. The molecule has 1 aliphatic rings. The second kappa shape index (κ2) is 12.7. The van der Waals surface area contributed by atoms with E-state index in [9.17, 15) is 14.9 Å². The number of thiocarbonyl (C=S) groups is 1. The summed E-state index contributed by atoms with van der Waals surface area (Å²) >= 11 is 6.68. The average molecular weight is 527 g/mol. The first-order chi connectivity index (χ1) is 17.4. The first kappa shape index (κ1) is 27.5. The maximum atomic E-state index is 13.2. The predicted molar refractivity (Wildman–Crippen MR) is 147 cm³/mol. The van der Waals surface area contributed by atoms with E-state index in [1.807, 2.05) is 44.2 Å². The highest BCUT2D eigenvalue weighted by Gasteiger charge is 2.32. The number of nitriles is 1. The number of carbonyl (C=O) groups excluding carboxylic acids is 1. The van der Waals surface area contributed by atoms with Gasteiger partial charge < -0.3 is 14.8 Å². The summed E-state index contributed by atoms with van der Waals surface area (Å²) in [5.74, 6) is 1.12. The Morgan fingerprint density at radius 2 is 1.94 bits per heavy atom. The fraction of sp³-hybridized carbons (Fsp3) is 0.385. The number of amides is 1. The average Bonchev–Trinajstić information content (AvgIpc) is 3.15. The summed E-state index contributed by atoms with van der Waals surface area (Å²) in [6.07, 6.45) is 2.42. The first-order valence-electron chi connectivity index (χ1n) is 11.7. The van der Waals surface area contributed by atoms with Crippen LogP contribution in [0.2, 0.25) is 0 Å². The Morgan fingerprint density at radius 1 is 1.22 bits per heavy atom. The van der Waals surface area contributed by atoms with Crippen LogP contribution >= 0.6 is 24.0 Å².